The largest absolute Gasteiger partial charge is 0.367 e. The first-order chi connectivity index (χ1) is 9.24. The Morgan fingerprint density at radius 1 is 1.26 bits per heavy atom. The number of rotatable bonds is 2. The van der Waals surface area contributed by atoms with Gasteiger partial charge in [0, 0.05) is 18.7 Å². The van der Waals surface area contributed by atoms with Gasteiger partial charge in [-0.1, -0.05) is 28.4 Å². The Morgan fingerprint density at radius 3 is 2.89 bits per heavy atom. The summed E-state index contributed by atoms with van der Waals surface area (Å²) < 4.78 is 10.8. The number of halogens is 2. The molecule has 1 aromatic heterocycles. The second kappa shape index (κ2) is 5.46. The monoisotopic (exact) mass is 299 g/mol. The van der Waals surface area contributed by atoms with Gasteiger partial charge in [0.25, 0.3) is 5.89 Å². The molecule has 2 heterocycles. The molecule has 1 N–H and O–H groups in total. The summed E-state index contributed by atoms with van der Waals surface area (Å²) in [6, 6.07) is 5.18. The average Bonchev–Trinajstić information content (AvgIpc) is 2.93. The molecule has 1 atom stereocenters. The molecule has 5 nitrogen and oxygen atoms in total. The Bertz CT molecular complexity index is 582. The number of benzene rings is 1. The zero-order valence-electron chi connectivity index (χ0n) is 9.90. The van der Waals surface area contributed by atoms with E-state index in [0.717, 1.165) is 12.1 Å². The number of hydrogen-bond acceptors (Lipinski definition) is 5. The van der Waals surface area contributed by atoms with E-state index in [0.29, 0.717) is 34.9 Å². The maximum atomic E-state index is 5.96. The zero-order valence-corrected chi connectivity index (χ0v) is 11.4. The molecule has 0 bridgehead atoms. The molecule has 100 valence electrons. The van der Waals surface area contributed by atoms with Crippen molar-refractivity contribution >= 4 is 23.2 Å². The molecule has 2 aromatic rings. The normalized spacial score (nSPS) is 19.6. The highest BCUT2D eigenvalue weighted by atomic mass is 35.5. The van der Waals surface area contributed by atoms with Crippen LogP contribution in [0.4, 0.5) is 0 Å². The molecular weight excluding hydrogens is 289 g/mol. The summed E-state index contributed by atoms with van der Waals surface area (Å²) in [7, 11) is 0. The minimum Gasteiger partial charge on any atom is -0.367 e. The van der Waals surface area contributed by atoms with Gasteiger partial charge in [-0.25, -0.2) is 0 Å². The van der Waals surface area contributed by atoms with Crippen molar-refractivity contribution < 1.29 is 9.26 Å². The van der Waals surface area contributed by atoms with Crippen molar-refractivity contribution in [2.45, 2.75) is 6.10 Å². The van der Waals surface area contributed by atoms with Gasteiger partial charge >= 0.3 is 0 Å². The Balaban J connectivity index is 1.85. The number of nitrogens with one attached hydrogen (secondary N) is 1. The van der Waals surface area contributed by atoms with E-state index in [-0.39, 0.29) is 6.10 Å². The molecule has 1 aliphatic rings. The minimum atomic E-state index is -0.172. The van der Waals surface area contributed by atoms with Crippen LogP contribution in [-0.4, -0.2) is 29.8 Å². The van der Waals surface area contributed by atoms with Gasteiger partial charge in [0.15, 0.2) is 0 Å². The van der Waals surface area contributed by atoms with Gasteiger partial charge in [-0.15, -0.1) is 0 Å². The van der Waals surface area contributed by atoms with Crippen molar-refractivity contribution in [3.8, 4) is 11.5 Å². The van der Waals surface area contributed by atoms with E-state index in [1.54, 1.807) is 18.2 Å². The third-order valence-corrected chi connectivity index (χ3v) is 3.56. The summed E-state index contributed by atoms with van der Waals surface area (Å²) in [5.41, 5.74) is 0.733. The summed E-state index contributed by atoms with van der Waals surface area (Å²) in [5, 5.41) is 8.10. The van der Waals surface area contributed by atoms with Crippen LogP contribution in [0.15, 0.2) is 22.7 Å². The molecule has 1 saturated heterocycles. The van der Waals surface area contributed by atoms with E-state index in [4.69, 9.17) is 32.5 Å². The molecule has 3 rings (SSSR count). The smallest absolute Gasteiger partial charge is 0.258 e. The first-order valence-electron chi connectivity index (χ1n) is 5.85. The number of morpholine rings is 1. The molecular formula is C12H11Cl2N3O2. The second-order valence-electron chi connectivity index (χ2n) is 4.15. The predicted molar refractivity (Wildman–Crippen MR) is 71.3 cm³/mol. The Labute approximate surface area is 119 Å². The fraction of sp³-hybridized carbons (Fsp3) is 0.333. The van der Waals surface area contributed by atoms with Gasteiger partial charge in [0.05, 0.1) is 16.7 Å². The first kappa shape index (κ1) is 12.9. The third-order valence-electron chi connectivity index (χ3n) is 2.82. The molecule has 0 radical (unpaired) electrons. The van der Waals surface area contributed by atoms with Gasteiger partial charge in [-0.3, -0.25) is 0 Å². The van der Waals surface area contributed by atoms with Gasteiger partial charge in [0.1, 0.15) is 6.10 Å². The van der Waals surface area contributed by atoms with Crippen molar-refractivity contribution in [1.82, 2.24) is 15.5 Å². The van der Waals surface area contributed by atoms with Crippen molar-refractivity contribution in [3.63, 3.8) is 0 Å². The fourth-order valence-electron chi connectivity index (χ4n) is 1.84. The highest BCUT2D eigenvalue weighted by Gasteiger charge is 2.22. The number of aromatic nitrogens is 2. The molecule has 0 aliphatic carbocycles. The summed E-state index contributed by atoms with van der Waals surface area (Å²) in [4.78, 5) is 4.33. The van der Waals surface area contributed by atoms with Gasteiger partial charge in [-0.05, 0) is 18.2 Å². The topological polar surface area (TPSA) is 60.2 Å². The highest BCUT2D eigenvalue weighted by Crippen LogP contribution is 2.28. The summed E-state index contributed by atoms with van der Waals surface area (Å²) in [5.74, 6) is 0.941. The van der Waals surface area contributed by atoms with E-state index >= 15 is 0 Å². The molecule has 1 aromatic carbocycles. The lowest BCUT2D eigenvalue weighted by atomic mass is 10.2. The molecule has 1 aliphatic heterocycles. The number of hydrogen-bond donors (Lipinski definition) is 1. The Morgan fingerprint density at radius 2 is 2.16 bits per heavy atom. The Hall–Kier alpha value is -1.14. The van der Waals surface area contributed by atoms with Crippen LogP contribution in [0, 0.1) is 0 Å². The van der Waals surface area contributed by atoms with Crippen LogP contribution in [0.1, 0.15) is 11.9 Å². The molecule has 19 heavy (non-hydrogen) atoms. The van der Waals surface area contributed by atoms with Crippen LogP contribution in [0.3, 0.4) is 0 Å². The van der Waals surface area contributed by atoms with E-state index in [1.165, 1.54) is 0 Å². The lowest BCUT2D eigenvalue weighted by Crippen LogP contribution is -2.33. The second-order valence-corrected chi connectivity index (χ2v) is 4.96. The zero-order chi connectivity index (χ0) is 13.2. The predicted octanol–water partition coefficient (Wildman–Crippen LogP) is 2.70. The summed E-state index contributed by atoms with van der Waals surface area (Å²) in [6.07, 6.45) is -0.172. The molecule has 0 amide bonds. The van der Waals surface area contributed by atoms with Crippen molar-refractivity contribution in [2.24, 2.45) is 0 Å². The van der Waals surface area contributed by atoms with Gasteiger partial charge < -0.3 is 14.6 Å². The van der Waals surface area contributed by atoms with Crippen molar-refractivity contribution in [2.75, 3.05) is 19.7 Å². The quantitative estimate of drug-likeness (QED) is 0.924. The van der Waals surface area contributed by atoms with Crippen LogP contribution < -0.4 is 5.32 Å². The van der Waals surface area contributed by atoms with Gasteiger partial charge in [-0.2, -0.15) is 4.98 Å². The maximum absolute atomic E-state index is 5.96. The van der Waals surface area contributed by atoms with Crippen LogP contribution >= 0.6 is 23.2 Å². The van der Waals surface area contributed by atoms with Crippen LogP contribution in [0.2, 0.25) is 10.0 Å². The minimum absolute atomic E-state index is 0.172. The van der Waals surface area contributed by atoms with E-state index in [9.17, 15) is 0 Å². The summed E-state index contributed by atoms with van der Waals surface area (Å²) in [6.45, 7) is 2.16. The third kappa shape index (κ3) is 2.74. The number of nitrogens with zero attached hydrogens (tertiary/aromatic N) is 2. The molecule has 1 fully saturated rings. The van der Waals surface area contributed by atoms with E-state index in [2.05, 4.69) is 15.5 Å². The maximum Gasteiger partial charge on any atom is 0.258 e. The van der Waals surface area contributed by atoms with E-state index < -0.39 is 0 Å². The van der Waals surface area contributed by atoms with Crippen LogP contribution in [0.25, 0.3) is 11.5 Å². The molecule has 1 unspecified atom stereocenters. The first-order valence-corrected chi connectivity index (χ1v) is 6.61. The van der Waals surface area contributed by atoms with Crippen molar-refractivity contribution in [1.29, 1.82) is 0 Å². The van der Waals surface area contributed by atoms with Crippen LogP contribution in [0.5, 0.6) is 0 Å². The lowest BCUT2D eigenvalue weighted by molar-refractivity contribution is 0.0208. The molecule has 0 saturated carbocycles. The van der Waals surface area contributed by atoms with Gasteiger partial charge in [0.2, 0.25) is 5.82 Å². The van der Waals surface area contributed by atoms with Crippen LogP contribution in [-0.2, 0) is 4.74 Å². The molecule has 7 heteroatoms. The standard InChI is InChI=1S/C12H11Cl2N3O2/c13-8-2-1-7(5-9(8)14)12-16-11(17-19-12)10-6-15-3-4-18-10/h1-2,5,10,15H,3-4,6H2. The highest BCUT2D eigenvalue weighted by molar-refractivity contribution is 6.42. The Kier molecular flexibility index (Phi) is 3.70. The van der Waals surface area contributed by atoms with E-state index in [1.807, 2.05) is 0 Å². The number of ether oxygens (including phenoxy) is 1. The summed E-state index contributed by atoms with van der Waals surface area (Å²) >= 11 is 11.8. The van der Waals surface area contributed by atoms with Crippen molar-refractivity contribution in [3.05, 3.63) is 34.1 Å². The SMILES string of the molecule is Clc1ccc(-c2nc(C3CNCCO3)no2)cc1Cl. The molecule has 0 spiro atoms. The average molecular weight is 300 g/mol. The fourth-order valence-corrected chi connectivity index (χ4v) is 2.14. The lowest BCUT2D eigenvalue weighted by Gasteiger charge is -2.20.